The SMILES string of the molecule is CCC(CCc1ccc(C2CC(C(F)(F)F)C2C(F)(F)F)cc1)N(CCc1ccccc1)C(C)C. The Bertz CT molecular complexity index is 904. The summed E-state index contributed by atoms with van der Waals surface area (Å²) in [7, 11) is 0. The van der Waals surface area contributed by atoms with Gasteiger partial charge in [0.25, 0.3) is 0 Å². The van der Waals surface area contributed by atoms with Crippen molar-refractivity contribution in [2.45, 2.75) is 83.2 Å². The van der Waals surface area contributed by atoms with Gasteiger partial charge < -0.3 is 0 Å². The first-order chi connectivity index (χ1) is 16.4. The van der Waals surface area contributed by atoms with E-state index in [2.05, 4.69) is 37.8 Å². The second-order valence-electron chi connectivity index (χ2n) is 9.97. The second kappa shape index (κ2) is 11.4. The van der Waals surface area contributed by atoms with Crippen LogP contribution in [0.25, 0.3) is 0 Å². The fourth-order valence-electron chi connectivity index (χ4n) is 5.42. The highest BCUT2D eigenvalue weighted by Crippen LogP contribution is 2.59. The molecule has 0 radical (unpaired) electrons. The largest absolute Gasteiger partial charge is 0.393 e. The molecule has 2 aromatic rings. The summed E-state index contributed by atoms with van der Waals surface area (Å²) >= 11 is 0. The Morgan fingerprint density at radius 2 is 1.43 bits per heavy atom. The van der Waals surface area contributed by atoms with Crippen LogP contribution < -0.4 is 0 Å². The third kappa shape index (κ3) is 7.02. The Labute approximate surface area is 204 Å². The maximum absolute atomic E-state index is 13.4. The highest BCUT2D eigenvalue weighted by molar-refractivity contribution is 5.29. The van der Waals surface area contributed by atoms with Crippen molar-refractivity contribution in [2.75, 3.05) is 6.54 Å². The van der Waals surface area contributed by atoms with Gasteiger partial charge in [-0.1, -0.05) is 61.5 Å². The monoisotopic (exact) mass is 499 g/mol. The van der Waals surface area contributed by atoms with Crippen LogP contribution in [0.1, 0.15) is 62.6 Å². The summed E-state index contributed by atoms with van der Waals surface area (Å²) in [6.45, 7) is 7.48. The van der Waals surface area contributed by atoms with Gasteiger partial charge in [0.15, 0.2) is 0 Å². The van der Waals surface area contributed by atoms with Gasteiger partial charge in [-0.3, -0.25) is 4.90 Å². The number of rotatable bonds is 10. The van der Waals surface area contributed by atoms with Gasteiger partial charge in [-0.2, -0.15) is 26.3 Å². The molecule has 4 atom stereocenters. The van der Waals surface area contributed by atoms with Gasteiger partial charge in [-0.25, -0.2) is 0 Å². The molecule has 2 aromatic carbocycles. The van der Waals surface area contributed by atoms with E-state index in [0.29, 0.717) is 17.6 Å². The number of halogens is 6. The van der Waals surface area contributed by atoms with Crippen molar-refractivity contribution in [1.82, 2.24) is 4.90 Å². The van der Waals surface area contributed by atoms with Crippen LogP contribution >= 0.6 is 0 Å². The Hall–Kier alpha value is -2.02. The van der Waals surface area contributed by atoms with Gasteiger partial charge in [0.1, 0.15) is 0 Å². The maximum atomic E-state index is 13.4. The van der Waals surface area contributed by atoms with E-state index in [-0.39, 0.29) is 0 Å². The van der Waals surface area contributed by atoms with Gasteiger partial charge in [-0.05, 0) is 68.6 Å². The molecule has 4 unspecified atom stereocenters. The third-order valence-corrected chi connectivity index (χ3v) is 7.45. The lowest BCUT2D eigenvalue weighted by Crippen LogP contribution is -2.51. The Kier molecular flexibility index (Phi) is 8.95. The van der Waals surface area contributed by atoms with Gasteiger partial charge >= 0.3 is 12.4 Å². The summed E-state index contributed by atoms with van der Waals surface area (Å²) in [5.74, 6) is -5.80. The molecule has 0 saturated heterocycles. The van der Waals surface area contributed by atoms with Gasteiger partial charge in [0.05, 0.1) is 11.8 Å². The van der Waals surface area contributed by atoms with Crippen molar-refractivity contribution in [3.8, 4) is 0 Å². The van der Waals surface area contributed by atoms with Crippen LogP contribution in [0, 0.1) is 11.8 Å². The number of benzene rings is 2. The average Bonchev–Trinajstić information content (AvgIpc) is 2.74. The first kappa shape index (κ1) is 27.6. The van der Waals surface area contributed by atoms with Crippen LogP contribution in [0.4, 0.5) is 26.3 Å². The zero-order valence-corrected chi connectivity index (χ0v) is 20.5. The van der Waals surface area contributed by atoms with E-state index in [1.807, 2.05) is 18.2 Å². The normalized spacial score (nSPS) is 21.9. The molecule has 7 heteroatoms. The van der Waals surface area contributed by atoms with E-state index in [1.54, 1.807) is 24.3 Å². The first-order valence-corrected chi connectivity index (χ1v) is 12.4. The highest BCUT2D eigenvalue weighted by atomic mass is 19.4. The summed E-state index contributed by atoms with van der Waals surface area (Å²) < 4.78 is 79.1. The van der Waals surface area contributed by atoms with Crippen molar-refractivity contribution >= 4 is 0 Å². The Balaban J connectivity index is 1.61. The van der Waals surface area contributed by atoms with E-state index >= 15 is 0 Å². The smallest absolute Gasteiger partial charge is 0.298 e. The Morgan fingerprint density at radius 3 is 1.94 bits per heavy atom. The zero-order chi connectivity index (χ0) is 25.8. The molecule has 0 amide bonds. The molecule has 194 valence electrons. The summed E-state index contributed by atoms with van der Waals surface area (Å²) in [4.78, 5) is 2.50. The summed E-state index contributed by atoms with van der Waals surface area (Å²) in [5, 5.41) is 0. The zero-order valence-electron chi connectivity index (χ0n) is 20.5. The van der Waals surface area contributed by atoms with Crippen LogP contribution in [0.5, 0.6) is 0 Å². The number of aryl methyl sites for hydroxylation is 1. The van der Waals surface area contributed by atoms with Crippen molar-refractivity contribution in [3.63, 3.8) is 0 Å². The van der Waals surface area contributed by atoms with Crippen molar-refractivity contribution < 1.29 is 26.3 Å². The molecule has 3 rings (SSSR count). The predicted molar refractivity (Wildman–Crippen MR) is 127 cm³/mol. The molecule has 0 aromatic heterocycles. The van der Waals surface area contributed by atoms with Gasteiger partial charge in [-0.15, -0.1) is 0 Å². The maximum Gasteiger partial charge on any atom is 0.393 e. The molecule has 1 aliphatic rings. The van der Waals surface area contributed by atoms with Gasteiger partial charge in [0, 0.05) is 18.6 Å². The standard InChI is InChI=1S/C28H35F6N/c1-4-23(35(19(2)3)17-16-20-8-6-5-7-9-20)15-12-21-10-13-22(14-11-21)24-18-25(27(29,30)31)26(24)28(32,33)34/h5-11,13-14,19,23-26H,4,12,15-18H2,1-3H3. The molecule has 35 heavy (non-hydrogen) atoms. The molecular weight excluding hydrogens is 464 g/mol. The lowest BCUT2D eigenvalue weighted by molar-refractivity contribution is -0.292. The molecule has 1 saturated carbocycles. The predicted octanol–water partition coefficient (Wildman–Crippen LogP) is 8.20. The molecule has 1 nitrogen and oxygen atoms in total. The molecule has 0 heterocycles. The lowest BCUT2D eigenvalue weighted by Gasteiger charge is -2.46. The summed E-state index contributed by atoms with van der Waals surface area (Å²) in [5.41, 5.74) is 2.63. The number of alkyl halides is 6. The molecule has 1 fully saturated rings. The van der Waals surface area contributed by atoms with Crippen LogP contribution in [-0.4, -0.2) is 35.9 Å². The first-order valence-electron chi connectivity index (χ1n) is 12.4. The quantitative estimate of drug-likeness (QED) is 0.298. The van der Waals surface area contributed by atoms with Crippen LogP contribution in [-0.2, 0) is 12.8 Å². The Morgan fingerprint density at radius 1 is 0.829 bits per heavy atom. The summed E-state index contributed by atoms with van der Waals surface area (Å²) in [6, 6.07) is 17.8. The van der Waals surface area contributed by atoms with Crippen LogP contribution in [0.2, 0.25) is 0 Å². The molecule has 0 aliphatic heterocycles. The molecule has 1 aliphatic carbocycles. The van der Waals surface area contributed by atoms with E-state index in [4.69, 9.17) is 0 Å². The molecule has 0 spiro atoms. The fraction of sp³-hybridized carbons (Fsp3) is 0.571. The minimum absolute atomic E-state index is 0.343. The average molecular weight is 500 g/mol. The number of nitrogens with zero attached hydrogens (tertiary/aromatic N) is 1. The van der Waals surface area contributed by atoms with Gasteiger partial charge in [0.2, 0.25) is 0 Å². The van der Waals surface area contributed by atoms with E-state index in [1.165, 1.54) is 5.56 Å². The lowest BCUT2D eigenvalue weighted by atomic mass is 9.61. The van der Waals surface area contributed by atoms with E-state index < -0.39 is 36.5 Å². The number of hydrogen-bond acceptors (Lipinski definition) is 1. The third-order valence-electron chi connectivity index (χ3n) is 7.45. The van der Waals surface area contributed by atoms with Crippen molar-refractivity contribution in [1.29, 1.82) is 0 Å². The highest BCUT2D eigenvalue weighted by Gasteiger charge is 2.64. The van der Waals surface area contributed by atoms with E-state index in [0.717, 1.165) is 37.8 Å². The van der Waals surface area contributed by atoms with Crippen LogP contribution in [0.15, 0.2) is 54.6 Å². The topological polar surface area (TPSA) is 3.24 Å². The van der Waals surface area contributed by atoms with Crippen LogP contribution in [0.3, 0.4) is 0 Å². The fourth-order valence-corrected chi connectivity index (χ4v) is 5.42. The molecule has 0 N–H and O–H groups in total. The minimum atomic E-state index is -4.86. The van der Waals surface area contributed by atoms with Crippen molar-refractivity contribution in [2.24, 2.45) is 11.8 Å². The molecular formula is C28H35F6N. The van der Waals surface area contributed by atoms with Crippen molar-refractivity contribution in [3.05, 3.63) is 71.3 Å². The van der Waals surface area contributed by atoms with E-state index in [9.17, 15) is 26.3 Å². The number of hydrogen-bond donors (Lipinski definition) is 0. The molecule has 0 bridgehead atoms. The second-order valence-corrected chi connectivity index (χ2v) is 9.97. The minimum Gasteiger partial charge on any atom is -0.298 e. The summed E-state index contributed by atoms with van der Waals surface area (Å²) in [6.07, 6.45) is -6.57.